The normalized spacial score (nSPS) is 11.4. The minimum Gasteiger partial charge on any atom is -0.507 e. The molecule has 0 aliphatic heterocycles. The predicted molar refractivity (Wildman–Crippen MR) is 105 cm³/mol. The molecule has 0 radical (unpaired) electrons. The predicted octanol–water partition coefficient (Wildman–Crippen LogP) is 4.45. The number of aryl methyl sites for hydroxylation is 1. The van der Waals surface area contributed by atoms with E-state index in [1.165, 1.54) is 30.4 Å². The lowest BCUT2D eigenvalue weighted by molar-refractivity contribution is -0.131. The average molecular weight is 382 g/mol. The van der Waals surface area contributed by atoms with Crippen molar-refractivity contribution in [3.63, 3.8) is 0 Å². The zero-order valence-electron chi connectivity index (χ0n) is 14.8. The molecule has 6 nitrogen and oxygen atoms in total. The number of aromatic hydroxyl groups is 1. The molecule has 0 aliphatic rings. The Balaban J connectivity index is 1.92. The van der Waals surface area contributed by atoms with Gasteiger partial charge >= 0.3 is 5.97 Å². The maximum atomic E-state index is 11.2. The van der Waals surface area contributed by atoms with Crippen molar-refractivity contribution < 1.29 is 19.7 Å². The quantitative estimate of drug-likeness (QED) is 0.385. The molecule has 0 saturated heterocycles. The Kier molecular flexibility index (Phi) is 5.52. The van der Waals surface area contributed by atoms with Gasteiger partial charge in [0.05, 0.1) is 5.56 Å². The molecular formula is C20H18N2O4S. The topological polar surface area (TPSA) is 92.5 Å². The van der Waals surface area contributed by atoms with Crippen LogP contribution in [0.4, 0.5) is 0 Å². The van der Waals surface area contributed by atoms with Gasteiger partial charge in [-0.05, 0) is 18.1 Å². The van der Waals surface area contributed by atoms with Gasteiger partial charge in [0.1, 0.15) is 27.3 Å². The molecule has 0 atom stereocenters. The summed E-state index contributed by atoms with van der Waals surface area (Å²) in [6.45, 7) is 3.18. The van der Waals surface area contributed by atoms with Crippen LogP contribution in [0.25, 0.3) is 22.4 Å². The maximum absolute atomic E-state index is 11.2. The summed E-state index contributed by atoms with van der Waals surface area (Å²) in [5, 5.41) is 30.1. The Bertz CT molecular complexity index is 996. The fraction of sp³-hybridized carbons (Fsp3) is 0.150. The summed E-state index contributed by atoms with van der Waals surface area (Å²) in [6, 6.07) is 12.5. The number of ether oxygens (including phenoxy) is 1. The van der Waals surface area contributed by atoms with E-state index in [9.17, 15) is 15.0 Å². The molecule has 27 heavy (non-hydrogen) atoms. The molecule has 3 rings (SSSR count). The van der Waals surface area contributed by atoms with Crippen molar-refractivity contribution in [2.75, 3.05) is 0 Å². The summed E-state index contributed by atoms with van der Waals surface area (Å²) in [5.41, 5.74) is 1.87. The monoisotopic (exact) mass is 382 g/mol. The number of carbonyl (C=O) groups excluding carboxylic acids is 1. The SMILES string of the molecule is CCc1cc(/C(O)=C/c2nnc(-c3ccccc3)s2)c(O)cc1OC(C)=O. The molecule has 3 aromatic rings. The van der Waals surface area contributed by atoms with E-state index in [2.05, 4.69) is 10.2 Å². The number of aliphatic hydroxyl groups is 1. The number of rotatable bonds is 5. The van der Waals surface area contributed by atoms with Crippen LogP contribution in [0.3, 0.4) is 0 Å². The summed E-state index contributed by atoms with van der Waals surface area (Å²) in [5.74, 6) is -0.530. The summed E-state index contributed by atoms with van der Waals surface area (Å²) < 4.78 is 5.10. The number of carbonyl (C=O) groups is 1. The fourth-order valence-electron chi connectivity index (χ4n) is 2.53. The third-order valence-corrected chi connectivity index (χ3v) is 4.73. The standard InChI is InChI=1S/C20H18N2O4S/c1-3-13-9-15(16(24)10-18(13)26-12(2)23)17(25)11-19-21-22-20(27-19)14-7-5-4-6-8-14/h4-11,24-25H,3H2,1-2H3/b17-11-. The fourth-order valence-corrected chi connectivity index (χ4v) is 3.32. The average Bonchev–Trinajstić information content (AvgIpc) is 3.10. The number of nitrogens with zero attached hydrogens (tertiary/aromatic N) is 2. The van der Waals surface area contributed by atoms with Crippen LogP contribution >= 0.6 is 11.3 Å². The van der Waals surface area contributed by atoms with Crippen molar-refractivity contribution >= 4 is 29.1 Å². The van der Waals surface area contributed by atoms with Crippen LogP contribution in [-0.4, -0.2) is 26.4 Å². The number of aliphatic hydroxyl groups excluding tert-OH is 1. The summed E-state index contributed by atoms with van der Waals surface area (Å²) >= 11 is 1.33. The number of phenols is 1. The van der Waals surface area contributed by atoms with Crippen LogP contribution in [0, 0.1) is 0 Å². The lowest BCUT2D eigenvalue weighted by atomic mass is 10.0. The number of hydrogen-bond acceptors (Lipinski definition) is 7. The maximum Gasteiger partial charge on any atom is 0.308 e. The van der Waals surface area contributed by atoms with Crippen molar-refractivity contribution in [3.05, 3.63) is 58.6 Å². The molecule has 0 bridgehead atoms. The minimum atomic E-state index is -0.473. The van der Waals surface area contributed by atoms with Gasteiger partial charge in [-0.15, -0.1) is 10.2 Å². The lowest BCUT2D eigenvalue weighted by Gasteiger charge is -2.11. The second-order valence-corrected chi connectivity index (χ2v) is 6.77. The van der Waals surface area contributed by atoms with Gasteiger partial charge in [-0.1, -0.05) is 48.6 Å². The molecular weight excluding hydrogens is 364 g/mol. The highest BCUT2D eigenvalue weighted by Gasteiger charge is 2.15. The summed E-state index contributed by atoms with van der Waals surface area (Å²) in [6.07, 6.45) is 2.02. The first-order valence-corrected chi connectivity index (χ1v) is 9.13. The number of benzene rings is 2. The molecule has 138 valence electrons. The van der Waals surface area contributed by atoms with Gasteiger partial charge in [0, 0.05) is 24.6 Å². The Morgan fingerprint density at radius 3 is 2.63 bits per heavy atom. The van der Waals surface area contributed by atoms with Gasteiger partial charge in [-0.2, -0.15) is 0 Å². The Morgan fingerprint density at radius 1 is 1.22 bits per heavy atom. The number of hydrogen-bond donors (Lipinski definition) is 2. The Hall–Kier alpha value is -3.19. The molecule has 1 heterocycles. The zero-order chi connectivity index (χ0) is 19.4. The molecule has 0 aliphatic carbocycles. The van der Waals surface area contributed by atoms with Gasteiger partial charge in [0.25, 0.3) is 0 Å². The first kappa shape index (κ1) is 18.6. The van der Waals surface area contributed by atoms with Crippen LogP contribution in [0.1, 0.15) is 30.0 Å². The van der Waals surface area contributed by atoms with Crippen molar-refractivity contribution in [1.82, 2.24) is 10.2 Å². The number of phenolic OH excluding ortho intramolecular Hbond substituents is 1. The molecule has 7 heteroatoms. The van der Waals surface area contributed by atoms with Gasteiger partial charge in [0.15, 0.2) is 0 Å². The van der Waals surface area contributed by atoms with Crippen LogP contribution < -0.4 is 4.74 Å². The highest BCUT2D eigenvalue weighted by Crippen LogP contribution is 2.34. The van der Waals surface area contributed by atoms with Gasteiger partial charge in [-0.3, -0.25) is 4.79 Å². The molecule has 2 N–H and O–H groups in total. The molecule has 0 fully saturated rings. The van der Waals surface area contributed by atoms with Crippen LogP contribution in [0.2, 0.25) is 0 Å². The molecule has 0 amide bonds. The van der Waals surface area contributed by atoms with E-state index in [0.717, 1.165) is 10.6 Å². The molecule has 1 aromatic heterocycles. The Labute approximate surface area is 160 Å². The highest BCUT2D eigenvalue weighted by molar-refractivity contribution is 7.15. The van der Waals surface area contributed by atoms with E-state index in [1.54, 1.807) is 6.07 Å². The third-order valence-electron chi connectivity index (χ3n) is 3.81. The zero-order valence-corrected chi connectivity index (χ0v) is 15.7. The number of esters is 1. The van der Waals surface area contributed by atoms with Crippen molar-refractivity contribution in [3.8, 4) is 22.1 Å². The molecule has 0 unspecified atom stereocenters. The van der Waals surface area contributed by atoms with Gasteiger partial charge in [0.2, 0.25) is 0 Å². The summed E-state index contributed by atoms with van der Waals surface area (Å²) in [7, 11) is 0. The third kappa shape index (κ3) is 4.32. The van der Waals surface area contributed by atoms with E-state index in [4.69, 9.17) is 4.74 Å². The number of aromatic nitrogens is 2. The second kappa shape index (κ2) is 8.01. The second-order valence-electron chi connectivity index (χ2n) is 5.77. The Morgan fingerprint density at radius 2 is 1.96 bits per heavy atom. The minimum absolute atomic E-state index is 0.146. The van der Waals surface area contributed by atoms with E-state index in [1.807, 2.05) is 37.3 Å². The first-order valence-electron chi connectivity index (χ1n) is 8.32. The summed E-state index contributed by atoms with van der Waals surface area (Å²) in [4.78, 5) is 11.2. The van der Waals surface area contributed by atoms with Crippen LogP contribution in [0.5, 0.6) is 11.5 Å². The van der Waals surface area contributed by atoms with Crippen LogP contribution in [-0.2, 0) is 11.2 Å². The molecule has 2 aromatic carbocycles. The van der Waals surface area contributed by atoms with E-state index < -0.39 is 5.97 Å². The first-order chi connectivity index (χ1) is 13.0. The molecule has 0 spiro atoms. The van der Waals surface area contributed by atoms with E-state index >= 15 is 0 Å². The van der Waals surface area contributed by atoms with Crippen molar-refractivity contribution in [2.24, 2.45) is 0 Å². The van der Waals surface area contributed by atoms with Crippen LogP contribution in [0.15, 0.2) is 42.5 Å². The smallest absolute Gasteiger partial charge is 0.308 e. The van der Waals surface area contributed by atoms with Gasteiger partial charge < -0.3 is 14.9 Å². The lowest BCUT2D eigenvalue weighted by Crippen LogP contribution is -2.04. The van der Waals surface area contributed by atoms with Crippen molar-refractivity contribution in [1.29, 1.82) is 0 Å². The van der Waals surface area contributed by atoms with Crippen molar-refractivity contribution in [2.45, 2.75) is 20.3 Å². The van der Waals surface area contributed by atoms with E-state index in [0.29, 0.717) is 17.0 Å². The molecule has 0 saturated carbocycles. The highest BCUT2D eigenvalue weighted by atomic mass is 32.1. The van der Waals surface area contributed by atoms with E-state index in [-0.39, 0.29) is 22.8 Å². The largest absolute Gasteiger partial charge is 0.507 e. The van der Waals surface area contributed by atoms with Gasteiger partial charge in [-0.25, -0.2) is 0 Å².